The maximum atomic E-state index is 5.47. The maximum Gasteiger partial charge on any atom is 0.179 e. The van der Waals surface area contributed by atoms with E-state index >= 15 is 0 Å². The Bertz CT molecular complexity index is 629. The number of fused-ring (bicyclic) bond motifs is 1. The first-order valence-corrected chi connectivity index (χ1v) is 7.17. The molecule has 4 nitrogen and oxygen atoms in total. The number of aryl methyl sites for hydroxylation is 2. The highest BCUT2D eigenvalue weighted by atomic mass is 32.1. The van der Waals surface area contributed by atoms with E-state index in [1.807, 2.05) is 11.7 Å². The molecule has 2 heterocycles. The van der Waals surface area contributed by atoms with E-state index in [4.69, 9.17) is 12.2 Å². The highest BCUT2D eigenvalue weighted by molar-refractivity contribution is 7.71. The van der Waals surface area contributed by atoms with Gasteiger partial charge in [-0.25, -0.2) is 0 Å². The summed E-state index contributed by atoms with van der Waals surface area (Å²) >= 11 is 5.47. The van der Waals surface area contributed by atoms with E-state index in [9.17, 15) is 0 Å². The van der Waals surface area contributed by atoms with E-state index in [0.29, 0.717) is 5.92 Å². The molecule has 1 aliphatic carbocycles. The van der Waals surface area contributed by atoms with E-state index in [1.54, 1.807) is 0 Å². The molecule has 0 aromatic carbocycles. The number of aromatic amines is 1. The van der Waals surface area contributed by atoms with Gasteiger partial charge in [0.25, 0.3) is 0 Å². The zero-order chi connectivity index (χ0) is 12.9. The predicted octanol–water partition coefficient (Wildman–Crippen LogP) is 3.04. The Morgan fingerprint density at radius 2 is 2.22 bits per heavy atom. The standard InChI is InChI=1S/C13H20N4S/c1-4-10-11-12(16(3)15-10)17(13(18)14-11)7-8(2)9-5-6-9/h8-9H,4-7H2,1-3H3,(H,14,18). The van der Waals surface area contributed by atoms with Crippen LogP contribution in [0.15, 0.2) is 0 Å². The number of hydrogen-bond acceptors (Lipinski definition) is 2. The lowest BCUT2D eigenvalue weighted by Crippen LogP contribution is -2.11. The second-order valence-corrected chi connectivity index (χ2v) is 5.86. The van der Waals surface area contributed by atoms with Crippen molar-refractivity contribution in [3.63, 3.8) is 0 Å². The van der Waals surface area contributed by atoms with Crippen LogP contribution in [0.1, 0.15) is 32.4 Å². The van der Waals surface area contributed by atoms with Crippen molar-refractivity contribution in [3.05, 3.63) is 10.5 Å². The van der Waals surface area contributed by atoms with Crippen LogP contribution in [0.25, 0.3) is 11.2 Å². The van der Waals surface area contributed by atoms with E-state index in [1.165, 1.54) is 12.8 Å². The number of H-pyrrole nitrogens is 1. The Hall–Kier alpha value is -1.10. The van der Waals surface area contributed by atoms with Crippen molar-refractivity contribution in [1.82, 2.24) is 19.3 Å². The molecule has 0 amide bonds. The van der Waals surface area contributed by atoms with Crippen LogP contribution in [0.3, 0.4) is 0 Å². The molecule has 18 heavy (non-hydrogen) atoms. The molecule has 2 aromatic rings. The highest BCUT2D eigenvalue weighted by Crippen LogP contribution is 2.37. The van der Waals surface area contributed by atoms with Crippen molar-refractivity contribution in [2.24, 2.45) is 18.9 Å². The molecular weight excluding hydrogens is 244 g/mol. The SMILES string of the molecule is CCc1nn(C)c2c1[nH]c(=S)n2CC(C)C1CC1. The summed E-state index contributed by atoms with van der Waals surface area (Å²) in [6.07, 6.45) is 3.70. The third-order valence-electron chi connectivity index (χ3n) is 4.05. The fourth-order valence-corrected chi connectivity index (χ4v) is 3.06. The molecular formula is C13H20N4S. The number of nitrogens with zero attached hydrogens (tertiary/aromatic N) is 3. The molecule has 1 atom stereocenters. The van der Waals surface area contributed by atoms with E-state index in [2.05, 4.69) is 28.5 Å². The van der Waals surface area contributed by atoms with Crippen LogP contribution >= 0.6 is 12.2 Å². The van der Waals surface area contributed by atoms with Gasteiger partial charge in [-0.2, -0.15) is 5.10 Å². The fraction of sp³-hybridized carbons (Fsp3) is 0.692. The minimum absolute atomic E-state index is 0.704. The first kappa shape index (κ1) is 12.0. The summed E-state index contributed by atoms with van der Waals surface area (Å²) in [5.74, 6) is 1.60. The van der Waals surface area contributed by atoms with Crippen LogP contribution in [-0.4, -0.2) is 19.3 Å². The number of imidazole rings is 1. The normalized spacial score (nSPS) is 17.5. The molecule has 0 bridgehead atoms. The smallest absolute Gasteiger partial charge is 0.179 e. The summed E-state index contributed by atoms with van der Waals surface area (Å²) in [6.45, 7) is 5.46. The fourth-order valence-electron chi connectivity index (χ4n) is 2.80. The van der Waals surface area contributed by atoms with Gasteiger partial charge in [0.05, 0.1) is 5.69 Å². The lowest BCUT2D eigenvalue weighted by Gasteiger charge is -2.11. The molecule has 1 aliphatic rings. The van der Waals surface area contributed by atoms with Crippen LogP contribution in [-0.2, 0) is 20.0 Å². The minimum atomic E-state index is 0.704. The number of hydrogen-bond donors (Lipinski definition) is 1. The molecule has 0 spiro atoms. The van der Waals surface area contributed by atoms with Crippen molar-refractivity contribution in [2.75, 3.05) is 0 Å². The summed E-state index contributed by atoms with van der Waals surface area (Å²) in [5.41, 5.74) is 3.37. The molecule has 5 heteroatoms. The van der Waals surface area contributed by atoms with Gasteiger partial charge in [-0.05, 0) is 43.3 Å². The molecule has 1 fully saturated rings. The van der Waals surface area contributed by atoms with E-state index < -0.39 is 0 Å². The minimum Gasteiger partial charge on any atom is -0.328 e. The molecule has 98 valence electrons. The lowest BCUT2D eigenvalue weighted by molar-refractivity contribution is 0.430. The molecule has 3 rings (SSSR count). The second kappa shape index (κ2) is 4.23. The topological polar surface area (TPSA) is 38.5 Å². The van der Waals surface area contributed by atoms with Gasteiger partial charge < -0.3 is 9.55 Å². The largest absolute Gasteiger partial charge is 0.328 e. The Labute approximate surface area is 112 Å². The van der Waals surface area contributed by atoms with Crippen LogP contribution in [0.5, 0.6) is 0 Å². The van der Waals surface area contributed by atoms with Crippen LogP contribution in [0, 0.1) is 16.6 Å². The summed E-state index contributed by atoms with van der Waals surface area (Å²) in [4.78, 5) is 3.33. The monoisotopic (exact) mass is 264 g/mol. The molecule has 0 aliphatic heterocycles. The second-order valence-electron chi connectivity index (χ2n) is 5.48. The number of rotatable bonds is 4. The van der Waals surface area contributed by atoms with Crippen molar-refractivity contribution in [3.8, 4) is 0 Å². The zero-order valence-electron chi connectivity index (χ0n) is 11.2. The summed E-state index contributed by atoms with van der Waals surface area (Å²) < 4.78 is 5.01. The zero-order valence-corrected chi connectivity index (χ0v) is 12.0. The van der Waals surface area contributed by atoms with Gasteiger partial charge in [-0.3, -0.25) is 4.68 Å². The Balaban J connectivity index is 2.07. The Morgan fingerprint density at radius 1 is 1.50 bits per heavy atom. The van der Waals surface area contributed by atoms with Gasteiger partial charge in [-0.15, -0.1) is 0 Å². The first-order chi connectivity index (χ1) is 8.61. The van der Waals surface area contributed by atoms with Gasteiger partial charge in [0.1, 0.15) is 5.52 Å². The third-order valence-corrected chi connectivity index (χ3v) is 4.38. The summed E-state index contributed by atoms with van der Waals surface area (Å²) in [5, 5.41) is 4.56. The van der Waals surface area contributed by atoms with E-state index in [0.717, 1.165) is 40.5 Å². The Morgan fingerprint density at radius 3 is 2.83 bits per heavy atom. The van der Waals surface area contributed by atoms with Crippen molar-refractivity contribution in [2.45, 2.75) is 39.7 Å². The Kier molecular flexibility index (Phi) is 2.81. The molecule has 0 radical (unpaired) electrons. The summed E-state index contributed by atoms with van der Waals surface area (Å²) in [7, 11) is 2.00. The highest BCUT2D eigenvalue weighted by Gasteiger charge is 2.29. The summed E-state index contributed by atoms with van der Waals surface area (Å²) in [6, 6.07) is 0. The molecule has 1 N–H and O–H groups in total. The molecule has 0 saturated heterocycles. The van der Waals surface area contributed by atoms with Crippen LogP contribution < -0.4 is 0 Å². The molecule has 1 unspecified atom stereocenters. The van der Waals surface area contributed by atoms with Gasteiger partial charge >= 0.3 is 0 Å². The van der Waals surface area contributed by atoms with Gasteiger partial charge in [-0.1, -0.05) is 13.8 Å². The van der Waals surface area contributed by atoms with Crippen molar-refractivity contribution in [1.29, 1.82) is 0 Å². The van der Waals surface area contributed by atoms with Crippen molar-refractivity contribution >= 4 is 23.4 Å². The van der Waals surface area contributed by atoms with E-state index in [-0.39, 0.29) is 0 Å². The number of nitrogens with one attached hydrogen (secondary N) is 1. The number of aromatic nitrogens is 4. The average molecular weight is 264 g/mol. The molecule has 2 aromatic heterocycles. The predicted molar refractivity (Wildman–Crippen MR) is 75.2 cm³/mol. The maximum absolute atomic E-state index is 5.47. The average Bonchev–Trinajstić information content (AvgIpc) is 3.08. The van der Waals surface area contributed by atoms with Gasteiger partial charge in [0.15, 0.2) is 10.4 Å². The van der Waals surface area contributed by atoms with Crippen LogP contribution in [0.4, 0.5) is 0 Å². The third kappa shape index (κ3) is 1.81. The van der Waals surface area contributed by atoms with Crippen molar-refractivity contribution < 1.29 is 0 Å². The first-order valence-electron chi connectivity index (χ1n) is 6.76. The van der Waals surface area contributed by atoms with Gasteiger partial charge in [0, 0.05) is 13.6 Å². The quantitative estimate of drug-likeness (QED) is 0.862. The molecule has 1 saturated carbocycles. The van der Waals surface area contributed by atoms with Crippen LogP contribution in [0.2, 0.25) is 0 Å². The van der Waals surface area contributed by atoms with Gasteiger partial charge in [0.2, 0.25) is 0 Å². The lowest BCUT2D eigenvalue weighted by atomic mass is 10.1.